The molecule has 3 aliphatic rings. The SMILES string of the molecule is CN1CCC(c2ccc(OC(c3ccc(Cl)c(Cl)c3)C3CC3)cc2)Oc2cc3c(cc21)C[C@@H](C(=O)O)N(Cc1ccccn1)C3. The van der Waals surface area contributed by atoms with Gasteiger partial charge in [0, 0.05) is 45.2 Å². The Morgan fingerprint density at radius 2 is 1.84 bits per heavy atom. The minimum absolute atomic E-state index is 0.0654. The van der Waals surface area contributed by atoms with Crippen molar-refractivity contribution in [3.8, 4) is 11.5 Å². The summed E-state index contributed by atoms with van der Waals surface area (Å²) in [6, 6.07) is 23.3. The number of rotatable bonds is 8. The third kappa shape index (κ3) is 6.48. The Kier molecular flexibility index (Phi) is 8.34. The van der Waals surface area contributed by atoms with E-state index in [9.17, 15) is 9.90 Å². The molecule has 2 unspecified atom stereocenters. The maximum absolute atomic E-state index is 12.3. The van der Waals surface area contributed by atoms with E-state index < -0.39 is 12.0 Å². The maximum Gasteiger partial charge on any atom is 0.321 e. The van der Waals surface area contributed by atoms with Gasteiger partial charge in [-0.15, -0.1) is 0 Å². The lowest BCUT2D eigenvalue weighted by molar-refractivity contribution is -0.144. The predicted molar refractivity (Wildman–Crippen MR) is 175 cm³/mol. The summed E-state index contributed by atoms with van der Waals surface area (Å²) in [5, 5.41) is 11.2. The molecule has 3 atom stereocenters. The van der Waals surface area contributed by atoms with E-state index in [4.69, 9.17) is 32.7 Å². The highest BCUT2D eigenvalue weighted by atomic mass is 35.5. The summed E-state index contributed by atoms with van der Waals surface area (Å²) in [7, 11) is 2.07. The highest BCUT2D eigenvalue weighted by molar-refractivity contribution is 6.42. The van der Waals surface area contributed by atoms with Crippen LogP contribution in [0.4, 0.5) is 5.69 Å². The van der Waals surface area contributed by atoms with Crippen molar-refractivity contribution < 1.29 is 19.4 Å². The van der Waals surface area contributed by atoms with Gasteiger partial charge in [-0.2, -0.15) is 0 Å². The number of benzene rings is 3. The van der Waals surface area contributed by atoms with E-state index >= 15 is 0 Å². The fourth-order valence-electron chi connectivity index (χ4n) is 6.47. The molecule has 2 aliphatic heterocycles. The molecular formula is C36H35Cl2N3O4. The minimum atomic E-state index is -0.816. The molecule has 3 heterocycles. The van der Waals surface area contributed by atoms with E-state index in [0.29, 0.717) is 35.5 Å². The van der Waals surface area contributed by atoms with E-state index in [1.165, 1.54) is 0 Å². The molecule has 0 bridgehead atoms. The van der Waals surface area contributed by atoms with Crippen LogP contribution in [0.2, 0.25) is 10.0 Å². The van der Waals surface area contributed by atoms with Crippen LogP contribution in [0.15, 0.2) is 79.0 Å². The predicted octanol–water partition coefficient (Wildman–Crippen LogP) is 7.89. The molecule has 4 aromatic rings. The molecule has 1 aliphatic carbocycles. The van der Waals surface area contributed by atoms with Gasteiger partial charge in [0.15, 0.2) is 0 Å². The van der Waals surface area contributed by atoms with Gasteiger partial charge in [-0.3, -0.25) is 14.7 Å². The molecule has 45 heavy (non-hydrogen) atoms. The number of nitrogens with zero attached hydrogens (tertiary/aromatic N) is 3. The van der Waals surface area contributed by atoms with Crippen molar-refractivity contribution in [2.75, 3.05) is 18.5 Å². The number of pyridine rings is 1. The minimum Gasteiger partial charge on any atom is -0.485 e. The van der Waals surface area contributed by atoms with Crippen LogP contribution in [-0.4, -0.2) is 40.6 Å². The second kappa shape index (κ2) is 12.5. The van der Waals surface area contributed by atoms with Gasteiger partial charge in [-0.25, -0.2) is 0 Å². The van der Waals surface area contributed by atoms with E-state index in [2.05, 4.69) is 41.2 Å². The molecule has 1 aromatic heterocycles. The number of fused-ring (bicyclic) bond motifs is 2. The lowest BCUT2D eigenvalue weighted by Crippen LogP contribution is -2.45. The van der Waals surface area contributed by atoms with Crippen molar-refractivity contribution in [3.05, 3.63) is 117 Å². The molecule has 3 aromatic carbocycles. The summed E-state index contributed by atoms with van der Waals surface area (Å²) in [6.45, 7) is 1.80. The second-order valence-electron chi connectivity index (χ2n) is 12.3. The number of aliphatic carboxylic acids is 1. The molecule has 0 saturated heterocycles. The van der Waals surface area contributed by atoms with Crippen LogP contribution in [0.3, 0.4) is 0 Å². The number of hydrogen-bond donors (Lipinski definition) is 1. The normalized spacial score (nSPS) is 20.4. The molecule has 7 rings (SSSR count). The van der Waals surface area contributed by atoms with Gasteiger partial charge in [0.2, 0.25) is 0 Å². The van der Waals surface area contributed by atoms with Crippen LogP contribution in [-0.2, 0) is 24.3 Å². The Labute approximate surface area is 273 Å². The van der Waals surface area contributed by atoms with Gasteiger partial charge in [0.05, 0.1) is 21.4 Å². The Hall–Kier alpha value is -3.78. The number of ether oxygens (including phenoxy) is 2. The summed E-state index contributed by atoms with van der Waals surface area (Å²) < 4.78 is 13.2. The quantitative estimate of drug-likeness (QED) is 0.209. The van der Waals surface area contributed by atoms with E-state index in [0.717, 1.165) is 70.9 Å². The lowest BCUT2D eigenvalue weighted by Gasteiger charge is -2.35. The number of halogens is 2. The van der Waals surface area contributed by atoms with Crippen molar-refractivity contribution in [2.24, 2.45) is 5.92 Å². The molecule has 0 spiro atoms. The van der Waals surface area contributed by atoms with Gasteiger partial charge in [0.25, 0.3) is 0 Å². The van der Waals surface area contributed by atoms with Gasteiger partial charge in [-0.05, 0) is 90.0 Å². The molecule has 0 amide bonds. The van der Waals surface area contributed by atoms with E-state index in [-0.39, 0.29) is 12.2 Å². The first-order chi connectivity index (χ1) is 21.8. The monoisotopic (exact) mass is 643 g/mol. The maximum atomic E-state index is 12.3. The average molecular weight is 645 g/mol. The van der Waals surface area contributed by atoms with Crippen molar-refractivity contribution in [3.63, 3.8) is 0 Å². The number of aromatic nitrogens is 1. The first-order valence-corrected chi connectivity index (χ1v) is 16.2. The smallest absolute Gasteiger partial charge is 0.321 e. The molecule has 1 fully saturated rings. The van der Waals surface area contributed by atoms with Gasteiger partial charge in [-0.1, -0.05) is 47.5 Å². The van der Waals surface area contributed by atoms with Crippen LogP contribution in [0.5, 0.6) is 11.5 Å². The number of carbonyl (C=O) groups is 1. The highest BCUT2D eigenvalue weighted by Crippen LogP contribution is 2.45. The zero-order valence-corrected chi connectivity index (χ0v) is 26.5. The standard InChI is InChI=1S/C36H35Cl2N3O4/c1-40-15-13-33(22-7-10-28(11-8-22)44-35(23-5-6-23)24-9-12-29(37)30(38)16-24)45-34-19-26-20-41(21-27-4-2-3-14-39-27)32(36(42)43)18-25(26)17-31(34)40/h2-4,7-12,14,16-17,19,23,32-33,35H,5-6,13,15,18,20-21H2,1H3,(H,42,43)/t32-,33?,35?/m0/s1. The molecule has 1 N–H and O–H groups in total. The Morgan fingerprint density at radius 3 is 2.56 bits per heavy atom. The van der Waals surface area contributed by atoms with Crippen LogP contribution < -0.4 is 14.4 Å². The fraction of sp³-hybridized carbons (Fsp3) is 0.333. The molecule has 0 radical (unpaired) electrons. The van der Waals surface area contributed by atoms with Gasteiger partial charge >= 0.3 is 5.97 Å². The Bertz CT molecular complexity index is 1700. The Morgan fingerprint density at radius 1 is 1.02 bits per heavy atom. The first kappa shape index (κ1) is 29.9. The zero-order chi connectivity index (χ0) is 31.1. The summed E-state index contributed by atoms with van der Waals surface area (Å²) in [5.74, 6) is 1.28. The van der Waals surface area contributed by atoms with Gasteiger partial charge < -0.3 is 19.5 Å². The van der Waals surface area contributed by atoms with Crippen LogP contribution in [0, 0.1) is 5.92 Å². The van der Waals surface area contributed by atoms with Crippen molar-refractivity contribution in [1.82, 2.24) is 9.88 Å². The summed E-state index contributed by atoms with van der Waals surface area (Å²) in [6.07, 6.45) is 5.06. The Balaban J connectivity index is 1.10. The average Bonchev–Trinajstić information content (AvgIpc) is 3.90. The molecule has 7 nitrogen and oxygen atoms in total. The number of anilines is 1. The van der Waals surface area contributed by atoms with E-state index in [1.54, 1.807) is 6.20 Å². The van der Waals surface area contributed by atoms with Crippen LogP contribution >= 0.6 is 23.2 Å². The number of carboxylic acids is 1. The lowest BCUT2D eigenvalue weighted by atomic mass is 9.92. The fourth-order valence-corrected chi connectivity index (χ4v) is 6.78. The number of carboxylic acid groups (broad SMARTS) is 1. The van der Waals surface area contributed by atoms with Crippen molar-refractivity contribution in [2.45, 2.75) is 57.0 Å². The van der Waals surface area contributed by atoms with Crippen molar-refractivity contribution in [1.29, 1.82) is 0 Å². The molecular weight excluding hydrogens is 609 g/mol. The topological polar surface area (TPSA) is 75.1 Å². The largest absolute Gasteiger partial charge is 0.485 e. The van der Waals surface area contributed by atoms with Crippen LogP contribution in [0.25, 0.3) is 0 Å². The summed E-state index contributed by atoms with van der Waals surface area (Å²) in [4.78, 5) is 20.9. The zero-order valence-electron chi connectivity index (χ0n) is 25.0. The third-order valence-electron chi connectivity index (χ3n) is 9.13. The summed E-state index contributed by atoms with van der Waals surface area (Å²) >= 11 is 12.5. The van der Waals surface area contributed by atoms with Crippen LogP contribution in [0.1, 0.15) is 59.4 Å². The van der Waals surface area contributed by atoms with Crippen molar-refractivity contribution >= 4 is 34.9 Å². The second-order valence-corrected chi connectivity index (χ2v) is 13.1. The van der Waals surface area contributed by atoms with E-state index in [1.807, 2.05) is 53.4 Å². The molecule has 232 valence electrons. The third-order valence-corrected chi connectivity index (χ3v) is 9.87. The first-order valence-electron chi connectivity index (χ1n) is 15.4. The molecule has 1 saturated carbocycles. The molecule has 9 heteroatoms. The summed E-state index contributed by atoms with van der Waals surface area (Å²) in [5.41, 5.74) is 6.12. The number of hydrogen-bond acceptors (Lipinski definition) is 6. The van der Waals surface area contributed by atoms with Gasteiger partial charge in [0.1, 0.15) is 29.7 Å². The highest BCUT2D eigenvalue weighted by Gasteiger charge is 2.35.